The number of carbonyl (C=O) groups is 2. The highest BCUT2D eigenvalue weighted by molar-refractivity contribution is 7.92. The van der Waals surface area contributed by atoms with Gasteiger partial charge in [-0.25, -0.2) is 8.42 Å². The molecule has 2 aromatic carbocycles. The van der Waals surface area contributed by atoms with Gasteiger partial charge in [0.1, 0.15) is 6.04 Å². The first kappa shape index (κ1) is 28.4. The van der Waals surface area contributed by atoms with Crippen LogP contribution in [0.1, 0.15) is 57.1 Å². The Kier molecular flexibility index (Phi) is 11.2. The van der Waals surface area contributed by atoms with Crippen LogP contribution in [0.2, 0.25) is 0 Å². The fraction of sp³-hybridized carbons (Fsp3) is 0.481. The third-order valence-electron chi connectivity index (χ3n) is 5.85. The van der Waals surface area contributed by atoms with Gasteiger partial charge in [-0.3, -0.25) is 13.9 Å². The molecule has 0 saturated carbocycles. The van der Waals surface area contributed by atoms with Crippen LogP contribution in [0, 0.1) is 6.92 Å². The van der Waals surface area contributed by atoms with Gasteiger partial charge < -0.3 is 10.2 Å². The predicted octanol–water partition coefficient (Wildman–Crippen LogP) is 4.26. The van der Waals surface area contributed by atoms with E-state index in [9.17, 15) is 18.0 Å². The van der Waals surface area contributed by atoms with E-state index >= 15 is 0 Å². The average Bonchev–Trinajstić information content (AvgIpc) is 2.81. The van der Waals surface area contributed by atoms with Gasteiger partial charge in [0.15, 0.2) is 0 Å². The van der Waals surface area contributed by atoms with Gasteiger partial charge in [0.05, 0.1) is 11.9 Å². The topological polar surface area (TPSA) is 86.8 Å². The second-order valence-electron chi connectivity index (χ2n) is 8.85. The first-order valence-electron chi connectivity index (χ1n) is 12.3. The summed E-state index contributed by atoms with van der Waals surface area (Å²) in [6.45, 7) is 7.06. The number of amides is 2. The van der Waals surface area contributed by atoms with Crippen molar-refractivity contribution in [3.05, 3.63) is 65.7 Å². The highest BCUT2D eigenvalue weighted by Crippen LogP contribution is 2.19. The standard InChI is InChI=1S/C27H39N3O4S/c1-5-7-18-28-27(32)25(6-2)29(21-23-14-11-13-22(3)20-23)26(31)17-12-19-30(35(4,33)34)24-15-9-8-10-16-24/h8-11,13-16,20,25H,5-7,12,17-19,21H2,1-4H3,(H,28,32)/t25-/m0/s1. The van der Waals surface area contributed by atoms with E-state index in [2.05, 4.69) is 12.2 Å². The van der Waals surface area contributed by atoms with E-state index in [1.807, 2.05) is 44.2 Å². The van der Waals surface area contributed by atoms with Crippen LogP contribution in [0.4, 0.5) is 5.69 Å². The van der Waals surface area contributed by atoms with Crippen molar-refractivity contribution in [1.29, 1.82) is 0 Å². The second-order valence-corrected chi connectivity index (χ2v) is 10.8. The van der Waals surface area contributed by atoms with E-state index in [1.165, 1.54) is 10.6 Å². The molecule has 0 aromatic heterocycles. The maximum absolute atomic E-state index is 13.4. The summed E-state index contributed by atoms with van der Waals surface area (Å²) >= 11 is 0. The van der Waals surface area contributed by atoms with E-state index < -0.39 is 16.1 Å². The van der Waals surface area contributed by atoms with Crippen LogP contribution in [0.3, 0.4) is 0 Å². The molecule has 0 heterocycles. The fourth-order valence-electron chi connectivity index (χ4n) is 4.03. The van der Waals surface area contributed by atoms with Gasteiger partial charge >= 0.3 is 0 Å². The Morgan fingerprint density at radius 3 is 2.31 bits per heavy atom. The quantitative estimate of drug-likeness (QED) is 0.392. The lowest BCUT2D eigenvalue weighted by Crippen LogP contribution is -2.49. The van der Waals surface area contributed by atoms with E-state index in [1.54, 1.807) is 29.2 Å². The average molecular weight is 502 g/mol. The number of anilines is 1. The molecule has 0 radical (unpaired) electrons. The van der Waals surface area contributed by atoms with Crippen molar-refractivity contribution in [2.45, 2.75) is 65.5 Å². The Hall–Kier alpha value is -2.87. The van der Waals surface area contributed by atoms with Crippen LogP contribution >= 0.6 is 0 Å². The molecule has 0 aliphatic rings. The number of rotatable bonds is 14. The Bertz CT molecular complexity index is 1060. The molecule has 2 rings (SSSR count). The number of sulfonamides is 1. The summed E-state index contributed by atoms with van der Waals surface area (Å²) in [5, 5.41) is 2.96. The number of para-hydroxylation sites is 1. The Morgan fingerprint density at radius 1 is 1.00 bits per heavy atom. The third kappa shape index (κ3) is 9.02. The van der Waals surface area contributed by atoms with Crippen LogP contribution in [0.25, 0.3) is 0 Å². The molecule has 0 aliphatic heterocycles. The molecule has 8 heteroatoms. The first-order valence-corrected chi connectivity index (χ1v) is 14.2. The minimum atomic E-state index is -3.49. The summed E-state index contributed by atoms with van der Waals surface area (Å²) in [7, 11) is -3.49. The number of hydrogen-bond donors (Lipinski definition) is 1. The SMILES string of the molecule is CCCCNC(=O)[C@H](CC)N(Cc1cccc(C)c1)C(=O)CCCN(c1ccccc1)S(C)(=O)=O. The number of hydrogen-bond acceptors (Lipinski definition) is 4. The monoisotopic (exact) mass is 501 g/mol. The molecule has 0 spiro atoms. The molecule has 1 N–H and O–H groups in total. The number of nitrogens with zero attached hydrogens (tertiary/aromatic N) is 2. The van der Waals surface area contributed by atoms with Crippen LogP contribution < -0.4 is 9.62 Å². The molecular formula is C27H39N3O4S. The van der Waals surface area contributed by atoms with Gasteiger partial charge in [-0.05, 0) is 43.9 Å². The number of nitrogens with one attached hydrogen (secondary N) is 1. The minimum absolute atomic E-state index is 0.142. The Morgan fingerprint density at radius 2 is 1.71 bits per heavy atom. The van der Waals surface area contributed by atoms with Crippen molar-refractivity contribution >= 4 is 27.5 Å². The summed E-state index contributed by atoms with van der Waals surface area (Å²) in [6, 6.07) is 16.2. The first-order chi connectivity index (χ1) is 16.7. The molecule has 0 bridgehead atoms. The molecule has 2 amide bonds. The molecule has 35 heavy (non-hydrogen) atoms. The normalized spacial score (nSPS) is 12.1. The summed E-state index contributed by atoms with van der Waals surface area (Å²) in [5.41, 5.74) is 2.61. The van der Waals surface area contributed by atoms with Gasteiger partial charge in [0.2, 0.25) is 21.8 Å². The molecule has 1 atom stereocenters. The van der Waals surface area contributed by atoms with Crippen LogP contribution in [-0.2, 0) is 26.2 Å². The van der Waals surface area contributed by atoms with Crippen molar-refractivity contribution in [2.24, 2.45) is 0 Å². The van der Waals surface area contributed by atoms with Crippen molar-refractivity contribution in [1.82, 2.24) is 10.2 Å². The van der Waals surface area contributed by atoms with Crippen molar-refractivity contribution in [3.63, 3.8) is 0 Å². The number of benzene rings is 2. The highest BCUT2D eigenvalue weighted by atomic mass is 32.2. The summed E-state index contributed by atoms with van der Waals surface area (Å²) in [4.78, 5) is 28.0. The largest absolute Gasteiger partial charge is 0.354 e. The molecule has 0 fully saturated rings. The number of carbonyl (C=O) groups excluding carboxylic acids is 2. The number of unbranched alkanes of at least 4 members (excludes halogenated alkanes) is 1. The molecule has 7 nitrogen and oxygen atoms in total. The Balaban J connectivity index is 2.18. The van der Waals surface area contributed by atoms with E-state index in [0.717, 1.165) is 24.0 Å². The van der Waals surface area contributed by atoms with E-state index in [4.69, 9.17) is 0 Å². The lowest BCUT2D eigenvalue weighted by molar-refractivity contribution is -0.141. The summed E-state index contributed by atoms with van der Waals surface area (Å²) in [5.74, 6) is -0.311. The minimum Gasteiger partial charge on any atom is -0.354 e. The lowest BCUT2D eigenvalue weighted by Gasteiger charge is -2.31. The third-order valence-corrected chi connectivity index (χ3v) is 7.04. The van der Waals surface area contributed by atoms with E-state index in [0.29, 0.717) is 31.6 Å². The van der Waals surface area contributed by atoms with Gasteiger partial charge in [-0.15, -0.1) is 0 Å². The molecule has 0 unspecified atom stereocenters. The lowest BCUT2D eigenvalue weighted by atomic mass is 10.1. The van der Waals surface area contributed by atoms with Crippen molar-refractivity contribution in [2.75, 3.05) is 23.7 Å². The van der Waals surface area contributed by atoms with E-state index in [-0.39, 0.29) is 24.8 Å². The van der Waals surface area contributed by atoms with Gasteiger partial charge in [0.25, 0.3) is 0 Å². The fourth-order valence-corrected chi connectivity index (χ4v) is 5.00. The van der Waals surface area contributed by atoms with Crippen molar-refractivity contribution in [3.8, 4) is 0 Å². The predicted molar refractivity (Wildman–Crippen MR) is 142 cm³/mol. The molecule has 192 valence electrons. The maximum Gasteiger partial charge on any atom is 0.242 e. The molecule has 0 aliphatic carbocycles. The smallest absolute Gasteiger partial charge is 0.242 e. The summed E-state index contributed by atoms with van der Waals surface area (Å²) < 4.78 is 26.0. The summed E-state index contributed by atoms with van der Waals surface area (Å²) in [6.07, 6.45) is 4.01. The van der Waals surface area contributed by atoms with Crippen LogP contribution in [0.15, 0.2) is 54.6 Å². The second kappa shape index (κ2) is 13.9. The maximum atomic E-state index is 13.4. The zero-order chi connectivity index (χ0) is 25.8. The van der Waals surface area contributed by atoms with Crippen molar-refractivity contribution < 1.29 is 18.0 Å². The Labute approximate surface area is 210 Å². The van der Waals surface area contributed by atoms with Gasteiger partial charge in [-0.1, -0.05) is 68.3 Å². The van der Waals surface area contributed by atoms with Gasteiger partial charge in [0, 0.05) is 26.1 Å². The number of aryl methyl sites for hydroxylation is 1. The molecule has 0 saturated heterocycles. The van der Waals surface area contributed by atoms with Crippen LogP contribution in [0.5, 0.6) is 0 Å². The van der Waals surface area contributed by atoms with Crippen LogP contribution in [-0.4, -0.2) is 50.5 Å². The zero-order valence-electron chi connectivity index (χ0n) is 21.4. The molecular weight excluding hydrogens is 462 g/mol. The highest BCUT2D eigenvalue weighted by Gasteiger charge is 2.28. The van der Waals surface area contributed by atoms with Gasteiger partial charge in [-0.2, -0.15) is 0 Å². The zero-order valence-corrected chi connectivity index (χ0v) is 22.2. The molecule has 2 aromatic rings.